The van der Waals surface area contributed by atoms with Crippen LogP contribution < -0.4 is 10.1 Å². The molecule has 1 rings (SSSR count). The Labute approximate surface area is 116 Å². The Morgan fingerprint density at radius 1 is 1.26 bits per heavy atom. The van der Waals surface area contributed by atoms with E-state index >= 15 is 0 Å². The lowest BCUT2D eigenvalue weighted by molar-refractivity contribution is 0.187. The highest BCUT2D eigenvalue weighted by Crippen LogP contribution is 2.20. The zero-order valence-corrected chi connectivity index (χ0v) is 12.5. The minimum atomic E-state index is 0.266. The molecule has 0 unspecified atom stereocenters. The van der Waals surface area contributed by atoms with Crippen molar-refractivity contribution in [2.75, 3.05) is 20.3 Å². The van der Waals surface area contributed by atoms with Crippen molar-refractivity contribution in [3.05, 3.63) is 23.5 Å². The Morgan fingerprint density at radius 2 is 2.00 bits per heavy atom. The van der Waals surface area contributed by atoms with Gasteiger partial charge in [0.2, 0.25) is 0 Å². The molecule has 0 fully saturated rings. The molecule has 19 heavy (non-hydrogen) atoms. The highest BCUT2D eigenvalue weighted by molar-refractivity contribution is 5.29. The van der Waals surface area contributed by atoms with Gasteiger partial charge in [-0.15, -0.1) is 0 Å². The summed E-state index contributed by atoms with van der Waals surface area (Å²) < 4.78 is 11.0. The molecule has 0 spiro atoms. The Kier molecular flexibility index (Phi) is 7.45. The maximum Gasteiger partial charge on any atom is 0.142 e. The quantitative estimate of drug-likeness (QED) is 0.698. The maximum atomic E-state index is 6.02. The summed E-state index contributed by atoms with van der Waals surface area (Å²) >= 11 is 0. The van der Waals surface area contributed by atoms with Crippen LogP contribution >= 0.6 is 0 Å². The van der Waals surface area contributed by atoms with Gasteiger partial charge < -0.3 is 14.8 Å². The van der Waals surface area contributed by atoms with Gasteiger partial charge in [-0.05, 0) is 31.9 Å². The van der Waals surface area contributed by atoms with E-state index in [0.717, 1.165) is 36.5 Å². The second kappa shape index (κ2) is 8.88. The van der Waals surface area contributed by atoms with Gasteiger partial charge in [0.15, 0.2) is 0 Å². The smallest absolute Gasteiger partial charge is 0.142 e. The number of methoxy groups -OCH3 is 1. The van der Waals surface area contributed by atoms with E-state index in [4.69, 9.17) is 9.47 Å². The monoisotopic (exact) mass is 266 g/mol. The van der Waals surface area contributed by atoms with E-state index in [2.05, 4.69) is 24.1 Å². The normalized spacial score (nSPS) is 11.0. The number of nitrogens with zero attached hydrogens (tertiary/aromatic N) is 1. The van der Waals surface area contributed by atoms with Crippen molar-refractivity contribution in [1.29, 1.82) is 0 Å². The van der Waals surface area contributed by atoms with Gasteiger partial charge in [0.1, 0.15) is 5.75 Å². The summed E-state index contributed by atoms with van der Waals surface area (Å²) in [6.07, 6.45) is 2.30. The van der Waals surface area contributed by atoms with Crippen LogP contribution in [0.3, 0.4) is 0 Å². The molecule has 0 atom stereocenters. The van der Waals surface area contributed by atoms with Gasteiger partial charge in [-0.25, -0.2) is 0 Å². The van der Waals surface area contributed by atoms with E-state index in [1.165, 1.54) is 0 Å². The third-order valence-corrected chi connectivity index (χ3v) is 3.05. The summed E-state index contributed by atoms with van der Waals surface area (Å²) in [5, 5.41) is 3.31. The van der Waals surface area contributed by atoms with E-state index in [9.17, 15) is 0 Å². The largest absolute Gasteiger partial charge is 0.488 e. The first kappa shape index (κ1) is 15.9. The molecule has 1 aromatic heterocycles. The summed E-state index contributed by atoms with van der Waals surface area (Å²) in [7, 11) is 1.70. The standard InChI is InChI=1S/C15H26N2O2/c1-5-13(6-2)19-15-8-7-12(3)17-14(15)11-16-9-10-18-4/h7-8,13,16H,5-6,9-11H2,1-4H3. The molecular formula is C15H26N2O2. The molecule has 4 heteroatoms. The highest BCUT2D eigenvalue weighted by atomic mass is 16.5. The van der Waals surface area contributed by atoms with Crippen LogP contribution in [0.2, 0.25) is 0 Å². The topological polar surface area (TPSA) is 43.4 Å². The number of hydrogen-bond acceptors (Lipinski definition) is 4. The number of rotatable bonds is 9. The van der Waals surface area contributed by atoms with Gasteiger partial charge >= 0.3 is 0 Å². The van der Waals surface area contributed by atoms with E-state index < -0.39 is 0 Å². The van der Waals surface area contributed by atoms with Crippen molar-refractivity contribution in [2.45, 2.75) is 46.3 Å². The number of ether oxygens (including phenoxy) is 2. The van der Waals surface area contributed by atoms with Gasteiger partial charge in [0, 0.05) is 25.9 Å². The lowest BCUT2D eigenvalue weighted by Crippen LogP contribution is -2.21. The molecule has 0 aromatic carbocycles. The van der Waals surface area contributed by atoms with E-state index in [-0.39, 0.29) is 6.10 Å². The number of nitrogens with one attached hydrogen (secondary N) is 1. The summed E-state index contributed by atoms with van der Waals surface area (Å²) in [5.41, 5.74) is 1.99. The van der Waals surface area contributed by atoms with Gasteiger partial charge in [0.05, 0.1) is 18.4 Å². The number of aromatic nitrogens is 1. The third-order valence-electron chi connectivity index (χ3n) is 3.05. The lowest BCUT2D eigenvalue weighted by Gasteiger charge is -2.18. The van der Waals surface area contributed by atoms with E-state index in [0.29, 0.717) is 13.2 Å². The average molecular weight is 266 g/mol. The molecule has 0 aliphatic carbocycles. The second-order valence-corrected chi connectivity index (χ2v) is 4.62. The zero-order valence-electron chi connectivity index (χ0n) is 12.5. The minimum absolute atomic E-state index is 0.266. The molecule has 1 aromatic rings. The molecule has 0 aliphatic rings. The second-order valence-electron chi connectivity index (χ2n) is 4.62. The van der Waals surface area contributed by atoms with Crippen LogP contribution in [0.1, 0.15) is 38.1 Å². The molecule has 0 saturated carbocycles. The molecule has 0 aliphatic heterocycles. The third kappa shape index (κ3) is 5.57. The molecule has 4 nitrogen and oxygen atoms in total. The SMILES string of the molecule is CCC(CC)Oc1ccc(C)nc1CNCCOC. The molecule has 0 saturated heterocycles. The Hall–Kier alpha value is -1.13. The highest BCUT2D eigenvalue weighted by Gasteiger charge is 2.10. The Balaban J connectivity index is 2.67. The molecule has 0 amide bonds. The molecule has 1 heterocycles. The molecule has 0 bridgehead atoms. The van der Waals surface area contributed by atoms with Crippen molar-refractivity contribution in [1.82, 2.24) is 10.3 Å². The van der Waals surface area contributed by atoms with Gasteiger partial charge in [-0.1, -0.05) is 13.8 Å². The lowest BCUT2D eigenvalue weighted by atomic mass is 10.2. The predicted octanol–water partition coefficient (Wildman–Crippen LogP) is 2.69. The van der Waals surface area contributed by atoms with Crippen LogP contribution in [0.25, 0.3) is 0 Å². The fourth-order valence-corrected chi connectivity index (χ4v) is 1.85. The first-order valence-corrected chi connectivity index (χ1v) is 7.04. The molecule has 108 valence electrons. The van der Waals surface area contributed by atoms with Gasteiger partial charge in [-0.2, -0.15) is 0 Å². The Bertz CT molecular complexity index is 365. The first-order chi connectivity index (χ1) is 9.21. The van der Waals surface area contributed by atoms with Crippen LogP contribution in [0.15, 0.2) is 12.1 Å². The summed E-state index contributed by atoms with van der Waals surface area (Å²) in [6, 6.07) is 4.02. The van der Waals surface area contributed by atoms with Crippen molar-refractivity contribution in [3.8, 4) is 5.75 Å². The predicted molar refractivity (Wildman–Crippen MR) is 77.6 cm³/mol. The fourth-order valence-electron chi connectivity index (χ4n) is 1.85. The Morgan fingerprint density at radius 3 is 2.63 bits per heavy atom. The van der Waals surface area contributed by atoms with Crippen LogP contribution in [-0.4, -0.2) is 31.3 Å². The van der Waals surface area contributed by atoms with Gasteiger partial charge in [0.25, 0.3) is 0 Å². The number of aryl methyl sites for hydroxylation is 1. The summed E-state index contributed by atoms with van der Waals surface area (Å²) in [5.74, 6) is 0.893. The van der Waals surface area contributed by atoms with Crippen LogP contribution in [-0.2, 0) is 11.3 Å². The van der Waals surface area contributed by atoms with Crippen molar-refractivity contribution in [3.63, 3.8) is 0 Å². The minimum Gasteiger partial charge on any atom is -0.488 e. The van der Waals surface area contributed by atoms with E-state index in [1.54, 1.807) is 7.11 Å². The van der Waals surface area contributed by atoms with Gasteiger partial charge in [-0.3, -0.25) is 4.98 Å². The zero-order chi connectivity index (χ0) is 14.1. The molecule has 1 N–H and O–H groups in total. The number of pyridine rings is 1. The van der Waals surface area contributed by atoms with Crippen molar-refractivity contribution < 1.29 is 9.47 Å². The summed E-state index contributed by atoms with van der Waals surface area (Å²) in [4.78, 5) is 4.56. The first-order valence-electron chi connectivity index (χ1n) is 7.04. The van der Waals surface area contributed by atoms with Crippen molar-refractivity contribution in [2.24, 2.45) is 0 Å². The average Bonchev–Trinajstić information content (AvgIpc) is 2.43. The van der Waals surface area contributed by atoms with Crippen LogP contribution in [0, 0.1) is 6.92 Å². The van der Waals surface area contributed by atoms with Crippen LogP contribution in [0.5, 0.6) is 5.75 Å². The fraction of sp³-hybridized carbons (Fsp3) is 0.667. The maximum absolute atomic E-state index is 6.02. The van der Waals surface area contributed by atoms with Crippen LogP contribution in [0.4, 0.5) is 0 Å². The number of hydrogen-bond donors (Lipinski definition) is 1. The van der Waals surface area contributed by atoms with E-state index in [1.807, 2.05) is 19.1 Å². The van der Waals surface area contributed by atoms with Crippen molar-refractivity contribution >= 4 is 0 Å². The molecular weight excluding hydrogens is 240 g/mol. The summed E-state index contributed by atoms with van der Waals surface area (Å²) in [6.45, 7) is 8.52. The molecule has 0 radical (unpaired) electrons.